The molecule has 8 rings (SSSR count). The van der Waals surface area contributed by atoms with Gasteiger partial charge in [-0.15, -0.1) is 0 Å². The second kappa shape index (κ2) is 9.60. The molecule has 0 aliphatic heterocycles. The molecule has 0 fully saturated rings. The highest BCUT2D eigenvalue weighted by Gasteiger charge is 2.31. The second-order valence-corrected chi connectivity index (χ2v) is 10.8. The van der Waals surface area contributed by atoms with Crippen LogP contribution in [0.15, 0.2) is 109 Å². The number of aromatic nitrogens is 3. The maximum atomic E-state index is 5.54. The lowest BCUT2D eigenvalue weighted by atomic mass is 9.76. The van der Waals surface area contributed by atoms with Crippen molar-refractivity contribution in [2.75, 3.05) is 7.11 Å². The minimum atomic E-state index is 0.828. The zero-order chi connectivity index (χ0) is 27.3. The minimum Gasteiger partial charge on any atom is -0.497 e. The van der Waals surface area contributed by atoms with Crippen molar-refractivity contribution in [3.63, 3.8) is 0 Å². The third-order valence-electron chi connectivity index (χ3n) is 8.58. The molecular weight excluding hydrogens is 502 g/mol. The fourth-order valence-corrected chi connectivity index (χ4v) is 6.62. The number of ether oxygens (including phenoxy) is 1. The summed E-state index contributed by atoms with van der Waals surface area (Å²) in [6.45, 7) is 0. The summed E-state index contributed by atoms with van der Waals surface area (Å²) in [7, 11) is 1.70. The Bertz CT molecular complexity index is 1920. The van der Waals surface area contributed by atoms with E-state index in [9.17, 15) is 0 Å². The molecule has 0 unspecified atom stereocenters. The number of nitrogens with zero attached hydrogens (tertiary/aromatic N) is 3. The van der Waals surface area contributed by atoms with E-state index >= 15 is 0 Å². The fraction of sp³-hybridized carbons (Fsp3) is 0.135. The van der Waals surface area contributed by atoms with Crippen molar-refractivity contribution in [1.29, 1.82) is 0 Å². The van der Waals surface area contributed by atoms with Gasteiger partial charge in [-0.3, -0.25) is 4.98 Å². The predicted molar refractivity (Wildman–Crippen MR) is 164 cm³/mol. The van der Waals surface area contributed by atoms with Gasteiger partial charge in [0.15, 0.2) is 0 Å². The molecule has 0 bridgehead atoms. The van der Waals surface area contributed by atoms with E-state index in [0.29, 0.717) is 0 Å². The summed E-state index contributed by atoms with van der Waals surface area (Å²) in [5, 5.41) is 5.17. The largest absolute Gasteiger partial charge is 0.497 e. The zero-order valence-electron chi connectivity index (χ0n) is 23.0. The Morgan fingerprint density at radius 2 is 1.27 bits per heavy atom. The highest BCUT2D eigenvalue weighted by molar-refractivity contribution is 5.95. The molecule has 0 radical (unpaired) electrons. The number of rotatable bonds is 4. The molecule has 2 aliphatic carbocycles. The molecule has 4 heteroatoms. The standard InChI is InChI=1S/C37H29N3O/c1-41-28-19-15-26(16-20-28)36-32(23-40(39-36)27-11-3-2-4-12-27)37-35-30-14-8-6-9-24(30)17-21-31(35)34-29-13-7-5-10-25(29)18-22-33(34)38-37/h2-16,19-20,23H,17-18,21-22H2,1H3. The summed E-state index contributed by atoms with van der Waals surface area (Å²) >= 11 is 0. The van der Waals surface area contributed by atoms with Crippen LogP contribution in [0.25, 0.3) is 50.5 Å². The molecule has 0 saturated heterocycles. The number of hydrogen-bond donors (Lipinski definition) is 0. The minimum absolute atomic E-state index is 0.828. The first-order valence-electron chi connectivity index (χ1n) is 14.3. The highest BCUT2D eigenvalue weighted by atomic mass is 16.5. The molecule has 2 aliphatic rings. The Labute approximate surface area is 239 Å². The van der Waals surface area contributed by atoms with Crippen molar-refractivity contribution in [1.82, 2.24) is 14.8 Å². The van der Waals surface area contributed by atoms with Gasteiger partial charge in [-0.25, -0.2) is 4.68 Å². The topological polar surface area (TPSA) is 39.9 Å². The van der Waals surface area contributed by atoms with E-state index in [4.69, 9.17) is 14.8 Å². The summed E-state index contributed by atoms with van der Waals surface area (Å²) in [4.78, 5) is 5.54. The molecule has 6 aromatic rings. The number of methoxy groups -OCH3 is 1. The lowest BCUT2D eigenvalue weighted by Gasteiger charge is -2.29. The van der Waals surface area contributed by atoms with E-state index in [0.717, 1.165) is 59.6 Å². The third-order valence-corrected chi connectivity index (χ3v) is 8.58. The molecule has 4 nitrogen and oxygen atoms in total. The smallest absolute Gasteiger partial charge is 0.118 e. The van der Waals surface area contributed by atoms with E-state index in [2.05, 4.69) is 91.1 Å². The van der Waals surface area contributed by atoms with Gasteiger partial charge in [0.05, 0.1) is 18.5 Å². The first kappa shape index (κ1) is 23.9. The van der Waals surface area contributed by atoms with Gasteiger partial charge in [-0.05, 0) is 89.9 Å². The van der Waals surface area contributed by atoms with Gasteiger partial charge in [0.2, 0.25) is 0 Å². The summed E-state index contributed by atoms with van der Waals surface area (Å²) in [5.74, 6) is 0.828. The molecule has 2 heterocycles. The van der Waals surface area contributed by atoms with Crippen LogP contribution in [0.4, 0.5) is 0 Å². The Balaban J connectivity index is 1.44. The number of para-hydroxylation sites is 1. The molecule has 0 spiro atoms. The van der Waals surface area contributed by atoms with Crippen molar-refractivity contribution in [3.8, 4) is 56.2 Å². The molecule has 0 amide bonds. The summed E-state index contributed by atoms with van der Waals surface area (Å²) in [6.07, 6.45) is 6.16. The molecule has 2 aromatic heterocycles. The maximum absolute atomic E-state index is 5.54. The monoisotopic (exact) mass is 531 g/mol. The molecule has 0 N–H and O–H groups in total. The average molecular weight is 532 g/mol. The van der Waals surface area contributed by atoms with Gasteiger partial charge in [-0.2, -0.15) is 5.10 Å². The van der Waals surface area contributed by atoms with E-state index in [1.165, 1.54) is 44.6 Å². The Morgan fingerprint density at radius 3 is 2.00 bits per heavy atom. The van der Waals surface area contributed by atoms with Crippen LogP contribution in [-0.4, -0.2) is 21.9 Å². The predicted octanol–water partition coefficient (Wildman–Crippen LogP) is 8.14. The first-order valence-corrected chi connectivity index (χ1v) is 14.3. The van der Waals surface area contributed by atoms with Gasteiger partial charge in [0, 0.05) is 34.1 Å². The van der Waals surface area contributed by atoms with Crippen LogP contribution in [-0.2, 0) is 25.7 Å². The van der Waals surface area contributed by atoms with E-state index in [1.807, 2.05) is 22.9 Å². The molecule has 198 valence electrons. The molecule has 0 atom stereocenters. The van der Waals surface area contributed by atoms with Crippen molar-refractivity contribution >= 4 is 0 Å². The quantitative estimate of drug-likeness (QED) is 0.230. The van der Waals surface area contributed by atoms with Gasteiger partial charge in [-0.1, -0.05) is 66.7 Å². The normalized spacial score (nSPS) is 13.1. The average Bonchev–Trinajstić information content (AvgIpc) is 3.50. The molecule has 0 saturated carbocycles. The second-order valence-electron chi connectivity index (χ2n) is 10.8. The van der Waals surface area contributed by atoms with Crippen molar-refractivity contribution < 1.29 is 4.74 Å². The van der Waals surface area contributed by atoms with Crippen molar-refractivity contribution in [2.45, 2.75) is 25.7 Å². The third kappa shape index (κ3) is 3.90. The summed E-state index contributed by atoms with van der Waals surface area (Å²) in [6, 6.07) is 36.3. The number of hydrogen-bond acceptors (Lipinski definition) is 3. The van der Waals surface area contributed by atoms with Gasteiger partial charge < -0.3 is 4.74 Å². The molecule has 41 heavy (non-hydrogen) atoms. The van der Waals surface area contributed by atoms with Gasteiger partial charge in [0.25, 0.3) is 0 Å². The fourth-order valence-electron chi connectivity index (χ4n) is 6.62. The van der Waals surface area contributed by atoms with Crippen molar-refractivity contribution in [2.24, 2.45) is 0 Å². The first-order chi connectivity index (χ1) is 20.3. The number of pyridine rings is 1. The van der Waals surface area contributed by atoms with Gasteiger partial charge in [0.1, 0.15) is 11.4 Å². The van der Waals surface area contributed by atoms with Crippen molar-refractivity contribution in [3.05, 3.63) is 132 Å². The summed E-state index contributed by atoms with van der Waals surface area (Å²) in [5.41, 5.74) is 15.7. The van der Waals surface area contributed by atoms with Gasteiger partial charge >= 0.3 is 0 Å². The lowest BCUT2D eigenvalue weighted by molar-refractivity contribution is 0.415. The van der Waals surface area contributed by atoms with Crippen LogP contribution in [0.2, 0.25) is 0 Å². The van der Waals surface area contributed by atoms with Crippen LogP contribution in [0, 0.1) is 0 Å². The Hall–Kier alpha value is -4.96. The molecule has 4 aromatic carbocycles. The van der Waals surface area contributed by atoms with Crippen LogP contribution in [0.5, 0.6) is 5.75 Å². The van der Waals surface area contributed by atoms with E-state index in [-0.39, 0.29) is 0 Å². The van der Waals surface area contributed by atoms with Crippen LogP contribution < -0.4 is 4.74 Å². The lowest BCUT2D eigenvalue weighted by Crippen LogP contribution is -2.15. The highest BCUT2D eigenvalue weighted by Crippen LogP contribution is 2.48. The van der Waals surface area contributed by atoms with E-state index < -0.39 is 0 Å². The Morgan fingerprint density at radius 1 is 0.610 bits per heavy atom. The maximum Gasteiger partial charge on any atom is 0.118 e. The molecular formula is C37H29N3O. The van der Waals surface area contributed by atoms with E-state index in [1.54, 1.807) is 7.11 Å². The Kier molecular flexibility index (Phi) is 5.59. The van der Waals surface area contributed by atoms with Crippen LogP contribution in [0.1, 0.15) is 22.4 Å². The summed E-state index contributed by atoms with van der Waals surface area (Å²) < 4.78 is 7.45. The van der Waals surface area contributed by atoms with Crippen LogP contribution in [0.3, 0.4) is 0 Å². The number of fused-ring (bicyclic) bond motifs is 7. The number of benzene rings is 4. The van der Waals surface area contributed by atoms with Crippen LogP contribution >= 0.6 is 0 Å². The zero-order valence-corrected chi connectivity index (χ0v) is 23.0. The number of aryl methyl sites for hydroxylation is 3. The SMILES string of the molecule is COc1ccc(-c2nn(-c3ccccc3)cc2-c2nc3c(c4c2-c2ccccc2CC4)-c2ccccc2CC3)cc1.